The first kappa shape index (κ1) is 10.0. The summed E-state index contributed by atoms with van der Waals surface area (Å²) in [5.41, 5.74) is 3.03. The number of imidazole rings is 1. The van der Waals surface area contributed by atoms with Crippen LogP contribution in [-0.4, -0.2) is 15.0 Å². The van der Waals surface area contributed by atoms with Crippen LogP contribution in [0.1, 0.15) is 12.6 Å². The highest BCUT2D eigenvalue weighted by atomic mass is 14.9. The molecule has 1 aromatic carbocycles. The van der Waals surface area contributed by atoms with Crippen LogP contribution in [0.4, 0.5) is 0 Å². The zero-order valence-corrected chi connectivity index (χ0v) is 9.64. The molecule has 0 aliphatic carbocycles. The molecule has 3 nitrogen and oxygen atoms in total. The molecule has 2 aromatic heterocycles. The largest absolute Gasteiger partial charge is 0.341 e. The minimum absolute atomic E-state index is 0.840. The molecular weight excluding hydrogens is 210 g/mol. The second-order valence-corrected chi connectivity index (χ2v) is 4.00. The molecule has 1 N–H and O–H groups in total. The molecule has 0 spiro atoms. The Balaban J connectivity index is 2.11. The third kappa shape index (κ3) is 1.80. The second-order valence-electron chi connectivity index (χ2n) is 4.00. The number of pyridine rings is 1. The number of aryl methyl sites for hydroxylation is 1. The summed E-state index contributed by atoms with van der Waals surface area (Å²) in [5.74, 6) is 0.840. The van der Waals surface area contributed by atoms with Crippen molar-refractivity contribution in [3.63, 3.8) is 0 Å². The SMILES string of the molecule is CCc1cnc(-c2ccc3ccccc3n2)[nH]1. The quantitative estimate of drug-likeness (QED) is 0.725. The maximum atomic E-state index is 4.60. The monoisotopic (exact) mass is 223 g/mol. The van der Waals surface area contributed by atoms with Gasteiger partial charge in [-0.25, -0.2) is 9.97 Å². The molecule has 0 saturated carbocycles. The van der Waals surface area contributed by atoms with Crippen molar-refractivity contribution in [3.8, 4) is 11.5 Å². The zero-order chi connectivity index (χ0) is 11.7. The van der Waals surface area contributed by atoms with E-state index in [9.17, 15) is 0 Å². The van der Waals surface area contributed by atoms with Crippen molar-refractivity contribution in [2.45, 2.75) is 13.3 Å². The predicted molar refractivity (Wildman–Crippen MR) is 68.7 cm³/mol. The lowest BCUT2D eigenvalue weighted by molar-refractivity contribution is 1.06. The van der Waals surface area contributed by atoms with Gasteiger partial charge in [0.2, 0.25) is 0 Å². The number of benzene rings is 1. The molecule has 2 heterocycles. The minimum atomic E-state index is 0.840. The Morgan fingerprint density at radius 3 is 2.82 bits per heavy atom. The number of H-pyrrole nitrogens is 1. The van der Waals surface area contributed by atoms with E-state index in [0.29, 0.717) is 0 Å². The molecule has 3 heteroatoms. The van der Waals surface area contributed by atoms with Gasteiger partial charge >= 0.3 is 0 Å². The maximum Gasteiger partial charge on any atom is 0.156 e. The second kappa shape index (κ2) is 4.01. The van der Waals surface area contributed by atoms with Gasteiger partial charge in [0.05, 0.1) is 5.52 Å². The number of nitrogens with zero attached hydrogens (tertiary/aromatic N) is 2. The molecule has 0 aliphatic heterocycles. The number of aromatic amines is 1. The molecule has 0 unspecified atom stereocenters. The van der Waals surface area contributed by atoms with Gasteiger partial charge in [0, 0.05) is 17.3 Å². The summed E-state index contributed by atoms with van der Waals surface area (Å²) in [6.45, 7) is 2.10. The Morgan fingerprint density at radius 2 is 2.00 bits per heavy atom. The van der Waals surface area contributed by atoms with Crippen LogP contribution in [0.25, 0.3) is 22.4 Å². The summed E-state index contributed by atoms with van der Waals surface area (Å²) in [6.07, 6.45) is 2.83. The average Bonchev–Trinajstić information content (AvgIpc) is 2.87. The zero-order valence-electron chi connectivity index (χ0n) is 9.64. The van der Waals surface area contributed by atoms with Gasteiger partial charge < -0.3 is 4.98 Å². The van der Waals surface area contributed by atoms with Gasteiger partial charge in [0.15, 0.2) is 5.82 Å². The van der Waals surface area contributed by atoms with Crippen molar-refractivity contribution in [2.24, 2.45) is 0 Å². The Labute approximate surface area is 99.5 Å². The highest BCUT2D eigenvalue weighted by molar-refractivity contribution is 5.80. The molecule has 84 valence electrons. The van der Waals surface area contributed by atoms with E-state index in [1.54, 1.807) is 0 Å². The van der Waals surface area contributed by atoms with Crippen LogP contribution in [0.3, 0.4) is 0 Å². The van der Waals surface area contributed by atoms with E-state index in [-0.39, 0.29) is 0 Å². The van der Waals surface area contributed by atoms with Gasteiger partial charge in [-0.15, -0.1) is 0 Å². The summed E-state index contributed by atoms with van der Waals surface area (Å²) in [4.78, 5) is 12.2. The first-order valence-electron chi connectivity index (χ1n) is 5.77. The summed E-state index contributed by atoms with van der Waals surface area (Å²) >= 11 is 0. The fourth-order valence-corrected chi connectivity index (χ4v) is 1.87. The fourth-order valence-electron chi connectivity index (χ4n) is 1.87. The van der Waals surface area contributed by atoms with Gasteiger partial charge in [0.25, 0.3) is 0 Å². The van der Waals surface area contributed by atoms with Crippen molar-refractivity contribution in [1.29, 1.82) is 0 Å². The van der Waals surface area contributed by atoms with E-state index in [2.05, 4.69) is 34.0 Å². The Morgan fingerprint density at radius 1 is 1.12 bits per heavy atom. The van der Waals surface area contributed by atoms with Crippen LogP contribution in [-0.2, 0) is 6.42 Å². The first-order chi connectivity index (χ1) is 8.36. The third-order valence-electron chi connectivity index (χ3n) is 2.85. The number of aromatic nitrogens is 3. The van der Waals surface area contributed by atoms with Gasteiger partial charge in [-0.3, -0.25) is 0 Å². The van der Waals surface area contributed by atoms with Crippen molar-refractivity contribution >= 4 is 10.9 Å². The number of hydrogen-bond donors (Lipinski definition) is 1. The van der Waals surface area contributed by atoms with Crippen molar-refractivity contribution in [2.75, 3.05) is 0 Å². The summed E-state index contributed by atoms with van der Waals surface area (Å²) in [5, 5.41) is 1.15. The number of fused-ring (bicyclic) bond motifs is 1. The molecule has 0 saturated heterocycles. The van der Waals surface area contributed by atoms with E-state index in [1.165, 1.54) is 0 Å². The number of rotatable bonds is 2. The van der Waals surface area contributed by atoms with E-state index in [4.69, 9.17) is 0 Å². The highest BCUT2D eigenvalue weighted by Crippen LogP contribution is 2.18. The smallest absolute Gasteiger partial charge is 0.156 e. The lowest BCUT2D eigenvalue weighted by atomic mass is 10.2. The molecule has 3 rings (SSSR count). The van der Waals surface area contributed by atoms with Crippen LogP contribution >= 0.6 is 0 Å². The van der Waals surface area contributed by atoms with E-state index in [0.717, 1.165) is 34.5 Å². The molecule has 0 fully saturated rings. The predicted octanol–water partition coefficient (Wildman–Crippen LogP) is 3.19. The maximum absolute atomic E-state index is 4.60. The van der Waals surface area contributed by atoms with Crippen LogP contribution in [0.15, 0.2) is 42.6 Å². The Bertz CT molecular complexity index is 655. The number of hydrogen-bond acceptors (Lipinski definition) is 2. The van der Waals surface area contributed by atoms with Gasteiger partial charge in [-0.2, -0.15) is 0 Å². The lowest BCUT2D eigenvalue weighted by Gasteiger charge is -1.99. The van der Waals surface area contributed by atoms with Crippen molar-refractivity contribution in [1.82, 2.24) is 15.0 Å². The molecule has 0 bridgehead atoms. The topological polar surface area (TPSA) is 41.6 Å². The number of para-hydroxylation sites is 1. The standard InChI is InChI=1S/C14H13N3/c1-2-11-9-15-14(16-11)13-8-7-10-5-3-4-6-12(10)17-13/h3-9H,2H2,1H3,(H,15,16). The third-order valence-corrected chi connectivity index (χ3v) is 2.85. The molecule has 0 amide bonds. The summed E-state index contributed by atoms with van der Waals surface area (Å²) in [7, 11) is 0. The number of nitrogens with one attached hydrogen (secondary N) is 1. The van der Waals surface area contributed by atoms with E-state index in [1.807, 2.05) is 30.5 Å². The first-order valence-corrected chi connectivity index (χ1v) is 5.77. The molecule has 3 aromatic rings. The molecule has 0 atom stereocenters. The van der Waals surface area contributed by atoms with Crippen LogP contribution in [0.2, 0.25) is 0 Å². The molecule has 0 radical (unpaired) electrons. The Kier molecular flexibility index (Phi) is 2.37. The van der Waals surface area contributed by atoms with Gasteiger partial charge in [0.1, 0.15) is 5.69 Å². The highest BCUT2D eigenvalue weighted by Gasteiger charge is 2.04. The summed E-state index contributed by atoms with van der Waals surface area (Å²) < 4.78 is 0. The van der Waals surface area contributed by atoms with Crippen LogP contribution in [0, 0.1) is 0 Å². The average molecular weight is 223 g/mol. The van der Waals surface area contributed by atoms with Crippen LogP contribution in [0.5, 0.6) is 0 Å². The molecule has 0 aliphatic rings. The van der Waals surface area contributed by atoms with Crippen molar-refractivity contribution < 1.29 is 0 Å². The lowest BCUT2D eigenvalue weighted by Crippen LogP contribution is -1.87. The Hall–Kier alpha value is -2.16. The molecule has 17 heavy (non-hydrogen) atoms. The normalized spacial score (nSPS) is 10.9. The van der Waals surface area contributed by atoms with Gasteiger partial charge in [-0.05, 0) is 18.6 Å². The summed E-state index contributed by atoms with van der Waals surface area (Å²) in [6, 6.07) is 12.2. The van der Waals surface area contributed by atoms with Crippen molar-refractivity contribution in [3.05, 3.63) is 48.3 Å². The van der Waals surface area contributed by atoms with E-state index >= 15 is 0 Å². The van der Waals surface area contributed by atoms with Crippen LogP contribution < -0.4 is 0 Å². The van der Waals surface area contributed by atoms with E-state index < -0.39 is 0 Å². The van der Waals surface area contributed by atoms with Gasteiger partial charge in [-0.1, -0.05) is 31.2 Å². The molecular formula is C14H13N3. The fraction of sp³-hybridized carbons (Fsp3) is 0.143. The minimum Gasteiger partial charge on any atom is -0.341 e.